The summed E-state index contributed by atoms with van der Waals surface area (Å²) in [6.07, 6.45) is 0. The van der Waals surface area contributed by atoms with Crippen molar-refractivity contribution < 1.29 is 23.8 Å². The molecule has 0 heterocycles. The SMILES string of the molecule is CCOCCOc1cccc(NC(=S)NC(=O)c2ccc(C(=O)OC)cc2)c1. The van der Waals surface area contributed by atoms with E-state index in [4.69, 9.17) is 21.7 Å². The van der Waals surface area contributed by atoms with Gasteiger partial charge < -0.3 is 19.5 Å². The number of anilines is 1. The number of rotatable bonds is 8. The van der Waals surface area contributed by atoms with Crippen LogP contribution in [0.25, 0.3) is 0 Å². The molecule has 28 heavy (non-hydrogen) atoms. The van der Waals surface area contributed by atoms with Gasteiger partial charge in [0.25, 0.3) is 5.91 Å². The predicted molar refractivity (Wildman–Crippen MR) is 110 cm³/mol. The molecule has 0 saturated heterocycles. The van der Waals surface area contributed by atoms with Gasteiger partial charge in [-0.05, 0) is 55.5 Å². The Morgan fingerprint density at radius 3 is 2.43 bits per heavy atom. The molecule has 2 N–H and O–H groups in total. The van der Waals surface area contributed by atoms with E-state index in [1.807, 2.05) is 19.1 Å². The van der Waals surface area contributed by atoms with Gasteiger partial charge in [-0.25, -0.2) is 4.79 Å². The lowest BCUT2D eigenvalue weighted by atomic mass is 10.1. The summed E-state index contributed by atoms with van der Waals surface area (Å²) in [5.41, 5.74) is 1.41. The van der Waals surface area contributed by atoms with E-state index in [1.54, 1.807) is 12.1 Å². The number of hydrogen-bond donors (Lipinski definition) is 2. The highest BCUT2D eigenvalue weighted by Crippen LogP contribution is 2.17. The summed E-state index contributed by atoms with van der Waals surface area (Å²) in [6, 6.07) is 13.3. The van der Waals surface area contributed by atoms with Crippen molar-refractivity contribution >= 4 is 34.9 Å². The molecule has 0 aliphatic rings. The van der Waals surface area contributed by atoms with E-state index in [0.29, 0.717) is 42.4 Å². The second-order valence-electron chi connectivity index (χ2n) is 5.55. The van der Waals surface area contributed by atoms with Gasteiger partial charge in [0.05, 0.1) is 19.3 Å². The summed E-state index contributed by atoms with van der Waals surface area (Å²) >= 11 is 5.19. The number of thiocarbonyl (C=S) groups is 1. The van der Waals surface area contributed by atoms with Crippen LogP contribution < -0.4 is 15.4 Å². The maximum atomic E-state index is 12.3. The predicted octanol–water partition coefficient (Wildman–Crippen LogP) is 3.02. The number of methoxy groups -OCH3 is 1. The minimum atomic E-state index is -0.465. The lowest BCUT2D eigenvalue weighted by Crippen LogP contribution is -2.34. The summed E-state index contributed by atoms with van der Waals surface area (Å²) in [4.78, 5) is 23.7. The van der Waals surface area contributed by atoms with Crippen molar-refractivity contribution in [3.05, 3.63) is 59.7 Å². The molecule has 7 nitrogen and oxygen atoms in total. The summed E-state index contributed by atoms with van der Waals surface area (Å²) in [7, 11) is 1.30. The zero-order valence-electron chi connectivity index (χ0n) is 15.7. The zero-order chi connectivity index (χ0) is 20.4. The summed E-state index contributed by atoms with van der Waals surface area (Å²) < 4.78 is 15.4. The van der Waals surface area contributed by atoms with Crippen LogP contribution >= 0.6 is 12.2 Å². The standard InChI is InChI=1S/C20H22N2O5S/c1-3-26-11-12-27-17-6-4-5-16(13-17)21-20(28)22-18(23)14-7-9-15(10-8-14)19(24)25-2/h4-10,13H,3,11-12H2,1-2H3,(H2,21,22,23,28). The Morgan fingerprint density at radius 2 is 1.75 bits per heavy atom. The largest absolute Gasteiger partial charge is 0.491 e. The summed E-state index contributed by atoms with van der Waals surface area (Å²) in [5, 5.41) is 5.68. The Kier molecular flexibility index (Phi) is 8.38. The Bertz CT molecular complexity index is 824. The molecule has 0 aromatic heterocycles. The van der Waals surface area contributed by atoms with E-state index in [9.17, 15) is 9.59 Å². The lowest BCUT2D eigenvalue weighted by molar-refractivity contribution is 0.0600. The van der Waals surface area contributed by atoms with Crippen molar-refractivity contribution in [2.45, 2.75) is 6.92 Å². The van der Waals surface area contributed by atoms with Crippen LogP contribution in [-0.2, 0) is 9.47 Å². The van der Waals surface area contributed by atoms with Gasteiger partial charge in [-0.2, -0.15) is 0 Å². The van der Waals surface area contributed by atoms with Gasteiger partial charge >= 0.3 is 5.97 Å². The average Bonchev–Trinajstić information content (AvgIpc) is 2.71. The molecule has 2 rings (SSSR count). The van der Waals surface area contributed by atoms with Gasteiger partial charge in [0, 0.05) is 23.9 Å². The molecule has 0 unspecified atom stereocenters. The maximum Gasteiger partial charge on any atom is 0.337 e. The van der Waals surface area contributed by atoms with Gasteiger partial charge in [0.15, 0.2) is 5.11 Å². The molecule has 0 radical (unpaired) electrons. The monoisotopic (exact) mass is 402 g/mol. The van der Waals surface area contributed by atoms with Crippen LogP contribution in [0.1, 0.15) is 27.6 Å². The number of nitrogens with one attached hydrogen (secondary N) is 2. The van der Waals surface area contributed by atoms with Gasteiger partial charge in [-0.1, -0.05) is 6.07 Å². The first-order valence-corrected chi connectivity index (χ1v) is 9.05. The van der Waals surface area contributed by atoms with Crippen LogP contribution in [0.15, 0.2) is 48.5 Å². The highest BCUT2D eigenvalue weighted by molar-refractivity contribution is 7.80. The van der Waals surface area contributed by atoms with Crippen LogP contribution in [0.4, 0.5) is 5.69 Å². The van der Waals surface area contributed by atoms with Gasteiger partial charge in [0.1, 0.15) is 12.4 Å². The Morgan fingerprint density at radius 1 is 1.04 bits per heavy atom. The molecule has 0 aliphatic carbocycles. The maximum absolute atomic E-state index is 12.3. The molecule has 1 amide bonds. The fraction of sp³-hybridized carbons (Fsp3) is 0.250. The molecular weight excluding hydrogens is 380 g/mol. The molecule has 0 atom stereocenters. The third kappa shape index (κ3) is 6.64. The minimum Gasteiger partial charge on any atom is -0.491 e. The molecule has 0 aliphatic heterocycles. The van der Waals surface area contributed by atoms with Gasteiger partial charge in [-0.15, -0.1) is 0 Å². The zero-order valence-corrected chi connectivity index (χ0v) is 16.5. The third-order valence-corrected chi connectivity index (χ3v) is 3.79. The average molecular weight is 402 g/mol. The number of hydrogen-bond acceptors (Lipinski definition) is 6. The fourth-order valence-corrected chi connectivity index (χ4v) is 2.45. The van der Waals surface area contributed by atoms with E-state index in [1.165, 1.54) is 31.4 Å². The normalized spacial score (nSPS) is 10.1. The van der Waals surface area contributed by atoms with E-state index in [2.05, 4.69) is 15.4 Å². The first kappa shape index (κ1) is 21.3. The van der Waals surface area contributed by atoms with Gasteiger partial charge in [0.2, 0.25) is 0 Å². The van der Waals surface area contributed by atoms with Crippen molar-refractivity contribution in [2.75, 3.05) is 32.2 Å². The van der Waals surface area contributed by atoms with Crippen molar-refractivity contribution in [1.29, 1.82) is 0 Å². The fourth-order valence-electron chi connectivity index (χ4n) is 2.24. The number of carbonyl (C=O) groups excluding carboxylic acids is 2. The quantitative estimate of drug-likeness (QED) is 0.399. The Labute approximate surface area is 169 Å². The van der Waals surface area contributed by atoms with Crippen molar-refractivity contribution in [3.8, 4) is 5.75 Å². The van der Waals surface area contributed by atoms with Crippen molar-refractivity contribution in [3.63, 3.8) is 0 Å². The van der Waals surface area contributed by atoms with Crippen molar-refractivity contribution in [2.24, 2.45) is 0 Å². The smallest absolute Gasteiger partial charge is 0.337 e. The first-order chi connectivity index (χ1) is 13.5. The van der Waals surface area contributed by atoms with E-state index < -0.39 is 11.9 Å². The highest BCUT2D eigenvalue weighted by atomic mass is 32.1. The summed E-state index contributed by atoms with van der Waals surface area (Å²) in [5.74, 6) is -0.192. The number of carbonyl (C=O) groups is 2. The minimum absolute atomic E-state index is 0.147. The number of amides is 1. The second-order valence-corrected chi connectivity index (χ2v) is 5.96. The van der Waals surface area contributed by atoms with E-state index >= 15 is 0 Å². The van der Waals surface area contributed by atoms with Crippen molar-refractivity contribution in [1.82, 2.24) is 5.32 Å². The van der Waals surface area contributed by atoms with Crippen LogP contribution in [0.5, 0.6) is 5.75 Å². The van der Waals surface area contributed by atoms with E-state index in [-0.39, 0.29) is 5.11 Å². The molecule has 0 bridgehead atoms. The topological polar surface area (TPSA) is 85.9 Å². The van der Waals surface area contributed by atoms with Gasteiger partial charge in [-0.3, -0.25) is 10.1 Å². The van der Waals surface area contributed by atoms with Crippen LogP contribution in [0, 0.1) is 0 Å². The molecular formula is C20H22N2O5S. The second kappa shape index (κ2) is 11.0. The van der Waals surface area contributed by atoms with Crippen LogP contribution in [0.3, 0.4) is 0 Å². The van der Waals surface area contributed by atoms with E-state index in [0.717, 1.165) is 0 Å². The van der Waals surface area contributed by atoms with Crippen LogP contribution in [0.2, 0.25) is 0 Å². The molecule has 148 valence electrons. The highest BCUT2D eigenvalue weighted by Gasteiger charge is 2.10. The number of ether oxygens (including phenoxy) is 3. The first-order valence-electron chi connectivity index (χ1n) is 8.64. The molecule has 2 aromatic carbocycles. The third-order valence-electron chi connectivity index (χ3n) is 3.59. The molecule has 0 saturated carbocycles. The molecule has 0 fully saturated rings. The Balaban J connectivity index is 1.89. The molecule has 0 spiro atoms. The number of benzene rings is 2. The molecule has 2 aromatic rings. The molecule has 8 heteroatoms. The van der Waals surface area contributed by atoms with Crippen LogP contribution in [-0.4, -0.2) is 43.9 Å². The number of esters is 1. The Hall–Kier alpha value is -2.97. The summed E-state index contributed by atoms with van der Waals surface area (Å²) in [6.45, 7) is 3.52. The lowest BCUT2D eigenvalue weighted by Gasteiger charge is -2.12.